The quantitative estimate of drug-likeness (QED) is 0.533. The molecule has 1 aromatic carbocycles. The van der Waals surface area contributed by atoms with Crippen molar-refractivity contribution in [1.29, 1.82) is 0 Å². The first kappa shape index (κ1) is 21.0. The Balaban J connectivity index is 0.000000174. The second-order valence-corrected chi connectivity index (χ2v) is 11.4. The number of nitrogens with zero attached hydrogens (tertiary/aromatic N) is 2. The molecule has 4 bridgehead atoms. The van der Waals surface area contributed by atoms with Gasteiger partial charge in [0.15, 0.2) is 17.9 Å². The first-order chi connectivity index (χ1) is 14.9. The topological polar surface area (TPSA) is 64.3 Å². The van der Waals surface area contributed by atoms with Crippen molar-refractivity contribution in [2.45, 2.75) is 61.8 Å². The predicted octanol–water partition coefficient (Wildman–Crippen LogP) is 4.09. The highest BCUT2D eigenvalue weighted by atomic mass is 32.2. The maximum atomic E-state index is 10.3. The van der Waals surface area contributed by atoms with Crippen LogP contribution < -0.4 is 9.47 Å². The number of pyridine rings is 1. The Morgan fingerprint density at radius 2 is 1.35 bits per heavy atom. The van der Waals surface area contributed by atoms with Crippen LogP contribution in [-0.2, 0) is 15.7 Å². The van der Waals surface area contributed by atoms with E-state index in [1.165, 1.54) is 94.4 Å². The van der Waals surface area contributed by atoms with Gasteiger partial charge >= 0.3 is 0 Å². The van der Waals surface area contributed by atoms with Crippen molar-refractivity contribution in [2.75, 3.05) is 18.0 Å². The van der Waals surface area contributed by atoms with Crippen LogP contribution in [0.4, 0.5) is 5.69 Å². The largest absolute Gasteiger partial charge is 0.744 e. The summed E-state index contributed by atoms with van der Waals surface area (Å²) in [6.07, 6.45) is 16.5. The predicted molar refractivity (Wildman–Crippen MR) is 119 cm³/mol. The lowest BCUT2D eigenvalue weighted by atomic mass is 9.53. The van der Waals surface area contributed by atoms with E-state index in [4.69, 9.17) is 0 Å². The maximum Gasteiger partial charge on any atom is 0.171 e. The zero-order valence-corrected chi connectivity index (χ0v) is 18.8. The minimum atomic E-state index is -4.25. The molecule has 5 aliphatic rings. The number of benzene rings is 1. The second-order valence-electron chi connectivity index (χ2n) is 10.1. The third-order valence-electron chi connectivity index (χ3n) is 7.87. The Morgan fingerprint density at radius 1 is 0.839 bits per heavy atom. The van der Waals surface area contributed by atoms with Gasteiger partial charge in [-0.1, -0.05) is 18.2 Å². The molecule has 2 heterocycles. The van der Waals surface area contributed by atoms with Gasteiger partial charge in [-0.15, -0.1) is 0 Å². The van der Waals surface area contributed by atoms with Crippen molar-refractivity contribution in [3.63, 3.8) is 0 Å². The zero-order valence-electron chi connectivity index (χ0n) is 18.0. The summed E-state index contributed by atoms with van der Waals surface area (Å²) in [5.74, 6) is 3.09. The number of hydrogen-bond acceptors (Lipinski definition) is 4. The first-order valence-corrected chi connectivity index (χ1v) is 13.1. The molecule has 1 saturated heterocycles. The summed E-state index contributed by atoms with van der Waals surface area (Å²) in [6.45, 7) is 2.50. The van der Waals surface area contributed by atoms with E-state index in [1.54, 1.807) is 6.07 Å². The summed E-state index contributed by atoms with van der Waals surface area (Å²) >= 11 is 0. The average Bonchev–Trinajstić information content (AvgIpc) is 3.28. The summed E-state index contributed by atoms with van der Waals surface area (Å²) in [7, 11) is -4.25. The van der Waals surface area contributed by atoms with Gasteiger partial charge in [-0.25, -0.2) is 8.42 Å². The number of hydrogen-bond donors (Lipinski definition) is 0. The van der Waals surface area contributed by atoms with Crippen LogP contribution in [0.15, 0.2) is 59.8 Å². The van der Waals surface area contributed by atoms with E-state index >= 15 is 0 Å². The SMILES string of the molecule is O=S(=O)([O-])c1ccccc1.c1c[n+](C23CC4CC(CC(C4)C2)C3)ccc1N1CCCC1. The van der Waals surface area contributed by atoms with Gasteiger partial charge in [-0.2, -0.15) is 4.57 Å². The molecule has 166 valence electrons. The highest BCUT2D eigenvalue weighted by molar-refractivity contribution is 7.85. The Morgan fingerprint density at radius 3 is 1.81 bits per heavy atom. The number of rotatable bonds is 3. The fourth-order valence-electron chi connectivity index (χ4n) is 6.89. The molecule has 0 N–H and O–H groups in total. The van der Waals surface area contributed by atoms with Gasteiger partial charge in [-0.05, 0) is 62.0 Å². The number of anilines is 1. The van der Waals surface area contributed by atoms with Gasteiger partial charge in [0.05, 0.1) is 4.90 Å². The molecule has 6 heteroatoms. The molecule has 7 rings (SSSR count). The van der Waals surface area contributed by atoms with Crippen LogP contribution in [0.1, 0.15) is 51.4 Å². The highest BCUT2D eigenvalue weighted by Gasteiger charge is 2.56. The smallest absolute Gasteiger partial charge is 0.171 e. The van der Waals surface area contributed by atoms with Crippen molar-refractivity contribution in [2.24, 2.45) is 17.8 Å². The Hall–Kier alpha value is -1.92. The van der Waals surface area contributed by atoms with E-state index in [-0.39, 0.29) is 4.90 Å². The third-order valence-corrected chi connectivity index (χ3v) is 8.72. The van der Waals surface area contributed by atoms with E-state index in [0.29, 0.717) is 5.54 Å². The summed E-state index contributed by atoms with van der Waals surface area (Å²) in [6, 6.07) is 11.9. The van der Waals surface area contributed by atoms with Crippen molar-refractivity contribution < 1.29 is 17.5 Å². The van der Waals surface area contributed by atoms with Crippen molar-refractivity contribution in [1.82, 2.24) is 0 Å². The summed E-state index contributed by atoms with van der Waals surface area (Å²) in [5.41, 5.74) is 1.92. The Bertz CT molecular complexity index is 964. The van der Waals surface area contributed by atoms with Crippen molar-refractivity contribution in [3.8, 4) is 0 Å². The molecule has 0 unspecified atom stereocenters. The van der Waals surface area contributed by atoms with Gasteiger partial charge in [0, 0.05) is 50.2 Å². The fourth-order valence-corrected chi connectivity index (χ4v) is 7.38. The van der Waals surface area contributed by atoms with Gasteiger partial charge in [-0.3, -0.25) is 0 Å². The summed E-state index contributed by atoms with van der Waals surface area (Å²) < 4.78 is 33.4. The summed E-state index contributed by atoms with van der Waals surface area (Å²) in [4.78, 5) is 2.36. The molecule has 4 saturated carbocycles. The lowest BCUT2D eigenvalue weighted by Gasteiger charge is -2.53. The van der Waals surface area contributed by atoms with Gasteiger partial charge in [0.25, 0.3) is 0 Å². The third kappa shape index (κ3) is 4.37. The van der Waals surface area contributed by atoms with Crippen LogP contribution in [0.2, 0.25) is 0 Å². The molecule has 1 aromatic heterocycles. The van der Waals surface area contributed by atoms with E-state index in [1.807, 2.05) is 0 Å². The second kappa shape index (κ2) is 8.21. The molecule has 5 fully saturated rings. The van der Waals surface area contributed by atoms with E-state index in [2.05, 4.69) is 34.0 Å². The Labute approximate surface area is 185 Å². The average molecular weight is 441 g/mol. The molecule has 0 spiro atoms. The van der Waals surface area contributed by atoms with E-state index in [0.717, 1.165) is 17.8 Å². The molecule has 2 aromatic rings. The molecule has 0 radical (unpaired) electrons. The standard InChI is InChI=1S/C19H27N2.C6H6O3S/c1-2-6-20(5-1)18-3-7-21(8-4-18)19-12-15-9-16(13-19)11-17(10-15)14-19;7-10(8,9)6-4-2-1-3-5-6/h3-4,7-8,15-17H,1-2,5-6,9-14H2;1-5H,(H,7,8,9)/q+1;/p-1. The van der Waals surface area contributed by atoms with Crippen LogP contribution in [-0.4, -0.2) is 26.1 Å². The molecule has 0 amide bonds. The van der Waals surface area contributed by atoms with Crippen LogP contribution in [0.3, 0.4) is 0 Å². The zero-order chi connectivity index (χ0) is 21.5. The van der Waals surface area contributed by atoms with Gasteiger partial charge in [0.2, 0.25) is 0 Å². The van der Waals surface area contributed by atoms with Gasteiger partial charge in [0.1, 0.15) is 10.1 Å². The Kier molecular flexibility index (Phi) is 5.55. The van der Waals surface area contributed by atoms with Crippen LogP contribution in [0.25, 0.3) is 0 Å². The van der Waals surface area contributed by atoms with Crippen LogP contribution in [0, 0.1) is 17.8 Å². The lowest BCUT2D eigenvalue weighted by molar-refractivity contribution is -0.776. The lowest BCUT2D eigenvalue weighted by Crippen LogP contribution is -2.64. The molecule has 4 aliphatic carbocycles. The maximum absolute atomic E-state index is 10.3. The summed E-state index contributed by atoms with van der Waals surface area (Å²) in [5, 5.41) is 0. The van der Waals surface area contributed by atoms with E-state index in [9.17, 15) is 13.0 Å². The monoisotopic (exact) mass is 440 g/mol. The van der Waals surface area contributed by atoms with Crippen molar-refractivity contribution >= 4 is 15.8 Å². The van der Waals surface area contributed by atoms with Gasteiger partial charge < -0.3 is 9.45 Å². The number of aromatic nitrogens is 1. The molecule has 31 heavy (non-hydrogen) atoms. The fraction of sp³-hybridized carbons (Fsp3) is 0.560. The first-order valence-electron chi connectivity index (χ1n) is 11.7. The molecular weight excluding hydrogens is 408 g/mol. The normalized spacial score (nSPS) is 31.4. The molecule has 1 aliphatic heterocycles. The highest BCUT2D eigenvalue weighted by Crippen LogP contribution is 2.56. The molecular formula is C25H32N2O3S. The van der Waals surface area contributed by atoms with Crippen molar-refractivity contribution in [3.05, 3.63) is 54.9 Å². The van der Waals surface area contributed by atoms with Crippen LogP contribution >= 0.6 is 0 Å². The minimum absolute atomic E-state index is 0.185. The molecule has 5 nitrogen and oxygen atoms in total. The minimum Gasteiger partial charge on any atom is -0.744 e. The molecule has 0 atom stereocenters. The van der Waals surface area contributed by atoms with E-state index < -0.39 is 10.1 Å². The van der Waals surface area contributed by atoms with Crippen LogP contribution in [0.5, 0.6) is 0 Å².